The molecule has 5 nitrogen and oxygen atoms in total. The van der Waals surface area contributed by atoms with Crippen LogP contribution in [-0.2, 0) is 6.54 Å². The molecule has 2 aromatic rings. The number of thiazole rings is 1. The molecule has 146 valence electrons. The minimum absolute atomic E-state index is 0. The second-order valence-electron chi connectivity index (χ2n) is 7.20. The summed E-state index contributed by atoms with van der Waals surface area (Å²) in [6, 6.07) is 8.62. The molecule has 2 N–H and O–H groups in total. The molecule has 1 unspecified atom stereocenters. The summed E-state index contributed by atoms with van der Waals surface area (Å²) in [6.45, 7) is 2.77. The van der Waals surface area contributed by atoms with Crippen LogP contribution in [0.25, 0.3) is 0 Å². The SMILES string of the molecule is CN=C(NCc1cnc(C)s1)NC1CC2(CCCC2)Oc2ccccc21.I. The summed E-state index contributed by atoms with van der Waals surface area (Å²) in [7, 11) is 1.82. The Bertz CT molecular complexity index is 801. The van der Waals surface area contributed by atoms with Crippen LogP contribution in [0.2, 0.25) is 0 Å². The van der Waals surface area contributed by atoms with Crippen LogP contribution in [-0.4, -0.2) is 23.6 Å². The van der Waals surface area contributed by atoms with Crippen LogP contribution >= 0.6 is 35.3 Å². The van der Waals surface area contributed by atoms with E-state index in [1.165, 1.54) is 23.3 Å². The third-order valence-corrected chi connectivity index (χ3v) is 6.26. The predicted molar refractivity (Wildman–Crippen MR) is 121 cm³/mol. The number of aryl methyl sites for hydroxylation is 1. The first-order chi connectivity index (χ1) is 12.7. The number of rotatable bonds is 3. The highest BCUT2D eigenvalue weighted by molar-refractivity contribution is 14.0. The third-order valence-electron chi connectivity index (χ3n) is 5.35. The first-order valence-electron chi connectivity index (χ1n) is 9.34. The summed E-state index contributed by atoms with van der Waals surface area (Å²) in [5.41, 5.74) is 1.21. The van der Waals surface area contributed by atoms with Gasteiger partial charge in [0.25, 0.3) is 0 Å². The van der Waals surface area contributed by atoms with Crippen LogP contribution in [0.15, 0.2) is 35.5 Å². The molecule has 2 aliphatic rings. The summed E-state index contributed by atoms with van der Waals surface area (Å²) in [5.74, 6) is 1.84. The van der Waals surface area contributed by atoms with E-state index >= 15 is 0 Å². The van der Waals surface area contributed by atoms with Gasteiger partial charge < -0.3 is 15.4 Å². The Kier molecular flexibility index (Phi) is 6.62. The minimum Gasteiger partial charge on any atom is -0.487 e. The highest BCUT2D eigenvalue weighted by atomic mass is 127. The Morgan fingerprint density at radius 1 is 1.33 bits per heavy atom. The number of nitrogens with zero attached hydrogens (tertiary/aromatic N) is 2. The van der Waals surface area contributed by atoms with Gasteiger partial charge in [0.2, 0.25) is 0 Å². The van der Waals surface area contributed by atoms with E-state index < -0.39 is 0 Å². The Balaban J connectivity index is 0.00000210. The van der Waals surface area contributed by atoms with E-state index in [4.69, 9.17) is 4.74 Å². The largest absolute Gasteiger partial charge is 0.487 e. The van der Waals surface area contributed by atoms with Crippen molar-refractivity contribution < 1.29 is 4.74 Å². The molecule has 0 saturated heterocycles. The molecule has 1 fully saturated rings. The number of aromatic nitrogens is 1. The molecule has 2 heterocycles. The fraction of sp³-hybridized carbons (Fsp3) is 0.500. The normalized spacial score (nSPS) is 20.5. The predicted octanol–water partition coefficient (Wildman–Crippen LogP) is 4.57. The van der Waals surface area contributed by atoms with E-state index in [2.05, 4.69) is 44.9 Å². The molecular formula is C20H27IN4OS. The van der Waals surface area contributed by atoms with Gasteiger partial charge in [0.05, 0.1) is 17.6 Å². The van der Waals surface area contributed by atoms with Gasteiger partial charge >= 0.3 is 0 Å². The van der Waals surface area contributed by atoms with Crippen LogP contribution in [0.5, 0.6) is 5.75 Å². The van der Waals surface area contributed by atoms with Gasteiger partial charge in [-0.15, -0.1) is 35.3 Å². The fourth-order valence-corrected chi connectivity index (χ4v) is 4.82. The van der Waals surface area contributed by atoms with E-state index in [1.54, 1.807) is 11.3 Å². The summed E-state index contributed by atoms with van der Waals surface area (Å²) >= 11 is 1.71. The number of ether oxygens (including phenoxy) is 1. The van der Waals surface area contributed by atoms with Gasteiger partial charge in [0.1, 0.15) is 11.4 Å². The number of para-hydroxylation sites is 1. The smallest absolute Gasteiger partial charge is 0.191 e. The topological polar surface area (TPSA) is 58.5 Å². The zero-order valence-corrected chi connectivity index (χ0v) is 19.0. The number of fused-ring (bicyclic) bond motifs is 1. The Morgan fingerprint density at radius 2 is 2.11 bits per heavy atom. The van der Waals surface area contributed by atoms with Crippen molar-refractivity contribution in [1.82, 2.24) is 15.6 Å². The zero-order valence-electron chi connectivity index (χ0n) is 15.8. The average molecular weight is 498 g/mol. The van der Waals surface area contributed by atoms with Gasteiger partial charge in [-0.3, -0.25) is 4.99 Å². The molecule has 27 heavy (non-hydrogen) atoms. The van der Waals surface area contributed by atoms with Crippen molar-refractivity contribution in [1.29, 1.82) is 0 Å². The first kappa shape index (κ1) is 20.4. The lowest BCUT2D eigenvalue weighted by molar-refractivity contribution is 0.0396. The van der Waals surface area contributed by atoms with Gasteiger partial charge in [0.15, 0.2) is 5.96 Å². The van der Waals surface area contributed by atoms with Gasteiger partial charge in [-0.1, -0.05) is 18.2 Å². The number of aliphatic imine (C=N–C) groups is 1. The Hall–Kier alpha value is -1.35. The molecule has 0 bridgehead atoms. The zero-order chi connectivity index (χ0) is 18.0. The summed E-state index contributed by atoms with van der Waals surface area (Å²) in [6.07, 6.45) is 7.72. The molecule has 1 saturated carbocycles. The van der Waals surface area contributed by atoms with E-state index in [9.17, 15) is 0 Å². The van der Waals surface area contributed by atoms with Crippen molar-refractivity contribution in [3.05, 3.63) is 45.9 Å². The molecule has 1 aliphatic carbocycles. The minimum atomic E-state index is -0.0142. The first-order valence-corrected chi connectivity index (χ1v) is 10.2. The van der Waals surface area contributed by atoms with Crippen molar-refractivity contribution in [2.45, 2.75) is 57.2 Å². The lowest BCUT2D eigenvalue weighted by Crippen LogP contribution is -2.46. The van der Waals surface area contributed by atoms with Crippen molar-refractivity contribution in [3.8, 4) is 5.75 Å². The van der Waals surface area contributed by atoms with Crippen molar-refractivity contribution in [3.63, 3.8) is 0 Å². The number of nitrogens with one attached hydrogen (secondary N) is 2. The van der Waals surface area contributed by atoms with Crippen molar-refractivity contribution in [2.75, 3.05) is 7.05 Å². The maximum atomic E-state index is 6.45. The van der Waals surface area contributed by atoms with E-state index in [0.29, 0.717) is 0 Å². The number of guanidine groups is 1. The maximum absolute atomic E-state index is 6.45. The fourth-order valence-electron chi connectivity index (χ4n) is 4.09. The number of hydrogen-bond acceptors (Lipinski definition) is 4. The van der Waals surface area contributed by atoms with E-state index in [-0.39, 0.29) is 35.6 Å². The summed E-state index contributed by atoms with van der Waals surface area (Å²) in [4.78, 5) is 9.96. The molecule has 1 aliphatic heterocycles. The van der Waals surface area contributed by atoms with Gasteiger partial charge in [-0.05, 0) is 38.7 Å². The lowest BCUT2D eigenvalue weighted by Gasteiger charge is -2.40. The number of hydrogen-bond donors (Lipinski definition) is 2. The van der Waals surface area contributed by atoms with Gasteiger partial charge in [-0.25, -0.2) is 4.98 Å². The van der Waals surface area contributed by atoms with Crippen LogP contribution < -0.4 is 15.4 Å². The molecular weight excluding hydrogens is 471 g/mol. The highest BCUT2D eigenvalue weighted by Crippen LogP contribution is 2.46. The quantitative estimate of drug-likeness (QED) is 0.370. The second kappa shape index (κ2) is 8.77. The molecule has 1 spiro atoms. The molecule has 0 radical (unpaired) electrons. The molecule has 4 rings (SSSR count). The van der Waals surface area contributed by atoms with E-state index in [0.717, 1.165) is 42.5 Å². The molecule has 0 amide bonds. The van der Waals surface area contributed by atoms with Crippen LogP contribution in [0.1, 0.15) is 53.6 Å². The average Bonchev–Trinajstić information content (AvgIpc) is 3.27. The standard InChI is InChI=1S/C20H26N4OS.HI/c1-14-22-12-15(26-14)13-23-19(21-2)24-17-11-20(9-5-6-10-20)25-18-8-4-3-7-16(17)18;/h3-4,7-8,12,17H,5-6,9-11,13H2,1-2H3,(H2,21,23,24);1H. The maximum Gasteiger partial charge on any atom is 0.191 e. The third kappa shape index (κ3) is 4.56. The lowest BCUT2D eigenvalue weighted by atomic mass is 9.86. The summed E-state index contributed by atoms with van der Waals surface area (Å²) in [5, 5.41) is 8.15. The van der Waals surface area contributed by atoms with Crippen molar-refractivity contribution in [2.24, 2.45) is 4.99 Å². The van der Waals surface area contributed by atoms with Crippen LogP contribution in [0.4, 0.5) is 0 Å². The molecule has 1 aromatic carbocycles. The van der Waals surface area contributed by atoms with Crippen LogP contribution in [0, 0.1) is 6.92 Å². The second-order valence-corrected chi connectivity index (χ2v) is 8.52. The monoisotopic (exact) mass is 498 g/mol. The van der Waals surface area contributed by atoms with Crippen LogP contribution in [0.3, 0.4) is 0 Å². The van der Waals surface area contributed by atoms with E-state index in [1.807, 2.05) is 20.2 Å². The number of benzene rings is 1. The van der Waals surface area contributed by atoms with Gasteiger partial charge in [-0.2, -0.15) is 0 Å². The number of halogens is 1. The molecule has 1 atom stereocenters. The Labute approximate surface area is 182 Å². The Morgan fingerprint density at radius 3 is 2.81 bits per heavy atom. The molecule has 1 aromatic heterocycles. The van der Waals surface area contributed by atoms with Gasteiger partial charge in [0, 0.05) is 30.1 Å². The van der Waals surface area contributed by atoms with Crippen molar-refractivity contribution >= 4 is 41.3 Å². The molecule has 7 heteroatoms. The highest BCUT2D eigenvalue weighted by Gasteiger charge is 2.43. The summed E-state index contributed by atoms with van der Waals surface area (Å²) < 4.78 is 6.45.